The summed E-state index contributed by atoms with van der Waals surface area (Å²) in [6, 6.07) is 99.9. The van der Waals surface area contributed by atoms with Gasteiger partial charge in [0.05, 0.1) is 11.1 Å². The van der Waals surface area contributed by atoms with E-state index in [-0.39, 0.29) is 10.8 Å². The monoisotopic (exact) mass is 931 g/mol. The SMILES string of the molecule is CC1(C)c2ccccc2-c2cccc(-c3ccccc3N(c3ccc(-c4ccc5c(c4)C(C)(c4ccccc4)c4ccccc4-5)cc3)c3ccc4c(c3)C(c3ccccc3)(c3ccccc3)c3ccccc3-4)c21. The number of benzene rings is 11. The van der Waals surface area contributed by atoms with Crippen LogP contribution >= 0.6 is 0 Å². The summed E-state index contributed by atoms with van der Waals surface area (Å²) in [5.74, 6) is 0. The lowest BCUT2D eigenvalue weighted by Gasteiger charge is -2.35. The van der Waals surface area contributed by atoms with Crippen LogP contribution in [0.25, 0.3) is 55.6 Å². The Morgan fingerprint density at radius 2 is 0.712 bits per heavy atom. The van der Waals surface area contributed by atoms with E-state index in [1.54, 1.807) is 0 Å². The van der Waals surface area contributed by atoms with Crippen molar-refractivity contribution < 1.29 is 0 Å². The van der Waals surface area contributed by atoms with E-state index >= 15 is 0 Å². The highest BCUT2D eigenvalue weighted by Gasteiger charge is 2.47. The number of para-hydroxylation sites is 1. The van der Waals surface area contributed by atoms with Crippen molar-refractivity contribution in [3.63, 3.8) is 0 Å². The Balaban J connectivity index is 0.974. The lowest BCUT2D eigenvalue weighted by atomic mass is 9.67. The average Bonchev–Trinajstić information content (AvgIpc) is 4.00. The number of rotatable bonds is 8. The molecule has 14 rings (SSSR count). The zero-order chi connectivity index (χ0) is 48.9. The average molecular weight is 932 g/mol. The molecule has 11 aromatic carbocycles. The first-order valence-corrected chi connectivity index (χ1v) is 25.8. The van der Waals surface area contributed by atoms with Crippen LogP contribution in [0, 0.1) is 0 Å². The van der Waals surface area contributed by atoms with Crippen LogP contribution in [-0.2, 0) is 16.2 Å². The van der Waals surface area contributed by atoms with Crippen LogP contribution in [0.3, 0.4) is 0 Å². The first-order valence-electron chi connectivity index (χ1n) is 25.8. The third kappa shape index (κ3) is 6.22. The van der Waals surface area contributed by atoms with Crippen LogP contribution in [-0.4, -0.2) is 0 Å². The summed E-state index contributed by atoms with van der Waals surface area (Å²) >= 11 is 0. The summed E-state index contributed by atoms with van der Waals surface area (Å²) in [6.45, 7) is 7.19. The molecule has 0 heterocycles. The van der Waals surface area contributed by atoms with Crippen molar-refractivity contribution in [3.8, 4) is 55.6 Å². The molecule has 0 spiro atoms. The highest BCUT2D eigenvalue weighted by molar-refractivity contribution is 5.96. The van der Waals surface area contributed by atoms with E-state index in [9.17, 15) is 0 Å². The molecule has 3 aliphatic carbocycles. The zero-order valence-corrected chi connectivity index (χ0v) is 41.4. The van der Waals surface area contributed by atoms with Crippen molar-refractivity contribution in [2.45, 2.75) is 37.0 Å². The van der Waals surface area contributed by atoms with E-state index in [2.05, 4.69) is 293 Å². The van der Waals surface area contributed by atoms with E-state index in [0.717, 1.165) is 17.1 Å². The van der Waals surface area contributed by atoms with E-state index in [0.29, 0.717) is 0 Å². The van der Waals surface area contributed by atoms with E-state index in [1.165, 1.54) is 106 Å². The lowest BCUT2D eigenvalue weighted by molar-refractivity contribution is 0.662. The maximum atomic E-state index is 2.52. The second kappa shape index (κ2) is 16.4. The molecule has 11 aromatic rings. The van der Waals surface area contributed by atoms with Gasteiger partial charge < -0.3 is 4.90 Å². The summed E-state index contributed by atoms with van der Waals surface area (Å²) in [4.78, 5) is 2.52. The molecule has 0 radical (unpaired) electrons. The molecular formula is C72H53N. The van der Waals surface area contributed by atoms with Crippen molar-refractivity contribution in [1.29, 1.82) is 0 Å². The fourth-order valence-electron chi connectivity index (χ4n) is 13.5. The van der Waals surface area contributed by atoms with Crippen molar-refractivity contribution in [1.82, 2.24) is 0 Å². The second-order valence-corrected chi connectivity index (χ2v) is 20.9. The van der Waals surface area contributed by atoms with Crippen molar-refractivity contribution in [2.24, 2.45) is 0 Å². The molecule has 73 heavy (non-hydrogen) atoms. The standard InChI is InChI=1S/C72H53N/c1-70(2)63-34-17-13-30-57(63)61-32-21-33-62(69(61)70)60-31-16-20-37-68(60)73(54-43-45-59-56-29-15-19-36-65(56)72(67(59)47-54,51-24-9-5-10-25-51)52-26-11-6-12-27-52)53-41-38-48(39-42-53)49-40-44-58-55-28-14-18-35-64(55)71(3,66(58)46-49)50-22-7-4-8-23-50/h4-47H,1-3H3. The number of hydrogen-bond acceptors (Lipinski definition) is 1. The molecule has 1 nitrogen and oxygen atoms in total. The third-order valence-corrected chi connectivity index (χ3v) is 16.8. The van der Waals surface area contributed by atoms with Crippen LogP contribution in [0.4, 0.5) is 17.1 Å². The molecule has 1 atom stereocenters. The van der Waals surface area contributed by atoms with Gasteiger partial charge in [0.15, 0.2) is 0 Å². The van der Waals surface area contributed by atoms with Gasteiger partial charge in [0.1, 0.15) is 0 Å². The van der Waals surface area contributed by atoms with Crippen LogP contribution < -0.4 is 4.90 Å². The first-order chi connectivity index (χ1) is 35.9. The Kier molecular flexibility index (Phi) is 9.66. The van der Waals surface area contributed by atoms with E-state index in [1.807, 2.05) is 0 Å². The van der Waals surface area contributed by atoms with Gasteiger partial charge in [-0.25, -0.2) is 0 Å². The molecule has 0 saturated carbocycles. The van der Waals surface area contributed by atoms with Gasteiger partial charge in [-0.3, -0.25) is 0 Å². The third-order valence-electron chi connectivity index (χ3n) is 16.8. The van der Waals surface area contributed by atoms with Crippen LogP contribution in [0.5, 0.6) is 0 Å². The molecule has 1 unspecified atom stereocenters. The summed E-state index contributed by atoms with van der Waals surface area (Å²) in [6.07, 6.45) is 0. The van der Waals surface area contributed by atoms with Gasteiger partial charge in [-0.15, -0.1) is 0 Å². The maximum Gasteiger partial charge on any atom is 0.0714 e. The molecule has 0 fully saturated rings. The fourth-order valence-corrected chi connectivity index (χ4v) is 13.5. The molecule has 0 N–H and O–H groups in total. The number of anilines is 3. The van der Waals surface area contributed by atoms with Crippen molar-refractivity contribution >= 4 is 17.1 Å². The number of fused-ring (bicyclic) bond motifs is 9. The predicted molar refractivity (Wildman–Crippen MR) is 304 cm³/mol. The van der Waals surface area contributed by atoms with Crippen LogP contribution in [0.15, 0.2) is 267 Å². The van der Waals surface area contributed by atoms with E-state index < -0.39 is 5.41 Å². The molecule has 3 aliphatic rings. The summed E-state index contributed by atoms with van der Waals surface area (Å²) < 4.78 is 0. The van der Waals surface area contributed by atoms with E-state index in [4.69, 9.17) is 0 Å². The van der Waals surface area contributed by atoms with Crippen molar-refractivity contribution in [3.05, 3.63) is 317 Å². The largest absolute Gasteiger partial charge is 0.310 e. The zero-order valence-electron chi connectivity index (χ0n) is 41.4. The Hall–Kier alpha value is -8.78. The van der Waals surface area contributed by atoms with Gasteiger partial charge in [0.2, 0.25) is 0 Å². The lowest BCUT2D eigenvalue weighted by Crippen LogP contribution is -2.28. The predicted octanol–water partition coefficient (Wildman–Crippen LogP) is 18.5. The fraction of sp³-hybridized carbons (Fsp3) is 0.0833. The molecular weight excluding hydrogens is 879 g/mol. The molecule has 0 aliphatic heterocycles. The minimum absolute atomic E-state index is 0.194. The van der Waals surface area contributed by atoms with Gasteiger partial charge >= 0.3 is 0 Å². The summed E-state index contributed by atoms with van der Waals surface area (Å²) in [7, 11) is 0. The minimum atomic E-state index is -0.545. The van der Waals surface area contributed by atoms with Crippen LogP contribution in [0.2, 0.25) is 0 Å². The number of nitrogens with zero attached hydrogens (tertiary/aromatic N) is 1. The quantitative estimate of drug-likeness (QED) is 0.147. The van der Waals surface area contributed by atoms with Crippen molar-refractivity contribution in [2.75, 3.05) is 4.90 Å². The molecule has 0 amide bonds. The Morgan fingerprint density at radius 1 is 0.274 bits per heavy atom. The normalized spacial score (nSPS) is 15.9. The van der Waals surface area contributed by atoms with Gasteiger partial charge in [0, 0.05) is 27.8 Å². The minimum Gasteiger partial charge on any atom is -0.310 e. The number of hydrogen-bond donors (Lipinski definition) is 0. The smallest absolute Gasteiger partial charge is 0.0714 e. The summed E-state index contributed by atoms with van der Waals surface area (Å²) in [5.41, 5.74) is 26.8. The first kappa shape index (κ1) is 43.0. The Morgan fingerprint density at radius 3 is 1.37 bits per heavy atom. The highest BCUT2D eigenvalue weighted by Crippen LogP contribution is 2.59. The Labute approximate surface area is 429 Å². The molecule has 0 aromatic heterocycles. The maximum absolute atomic E-state index is 2.52. The van der Waals surface area contributed by atoms with Gasteiger partial charge in [0.25, 0.3) is 0 Å². The van der Waals surface area contributed by atoms with Gasteiger partial charge in [-0.2, -0.15) is 0 Å². The van der Waals surface area contributed by atoms with Gasteiger partial charge in [-0.1, -0.05) is 244 Å². The van der Waals surface area contributed by atoms with Gasteiger partial charge in [-0.05, 0) is 143 Å². The second-order valence-electron chi connectivity index (χ2n) is 20.9. The molecule has 0 bridgehead atoms. The summed E-state index contributed by atoms with van der Waals surface area (Å²) in [5, 5.41) is 0. The Bertz CT molecular complexity index is 3900. The molecule has 346 valence electrons. The topological polar surface area (TPSA) is 3.24 Å². The molecule has 1 heteroatoms. The van der Waals surface area contributed by atoms with Crippen LogP contribution in [0.1, 0.15) is 70.8 Å². The molecule has 0 saturated heterocycles. The highest BCUT2D eigenvalue weighted by atomic mass is 15.1.